The van der Waals surface area contributed by atoms with Crippen molar-refractivity contribution in [3.05, 3.63) is 95.6 Å². The zero-order valence-electron chi connectivity index (χ0n) is 16.0. The fraction of sp³-hybridized carbons (Fsp3) is 0.120. The summed E-state index contributed by atoms with van der Waals surface area (Å²) in [6.45, 7) is 0. The van der Waals surface area contributed by atoms with E-state index in [9.17, 15) is 5.11 Å². The number of pyridine rings is 1. The Labute approximate surface area is 173 Å². The number of hydrogen-bond donors (Lipinski definition) is 1. The number of rotatable bonds is 3. The summed E-state index contributed by atoms with van der Waals surface area (Å²) < 4.78 is 12.1. The molecule has 4 aromatic rings. The Balaban J connectivity index is 1.29. The molecule has 1 aromatic heterocycles. The largest absolute Gasteiger partial charge is 0.506 e. The van der Waals surface area contributed by atoms with E-state index in [1.165, 1.54) is 11.1 Å². The average Bonchev–Trinajstić information content (AvgIpc) is 3.33. The molecule has 0 spiro atoms. The van der Waals surface area contributed by atoms with Crippen molar-refractivity contribution in [2.75, 3.05) is 0 Å². The van der Waals surface area contributed by atoms with Crippen LogP contribution in [0.5, 0.6) is 17.4 Å². The van der Waals surface area contributed by atoms with E-state index in [2.05, 4.69) is 29.2 Å². The van der Waals surface area contributed by atoms with Crippen molar-refractivity contribution < 1.29 is 14.6 Å². The number of aliphatic imine (C=N–C) groups is 1. The first kappa shape index (κ1) is 17.0. The van der Waals surface area contributed by atoms with Crippen LogP contribution in [0.25, 0.3) is 10.9 Å². The van der Waals surface area contributed by atoms with Gasteiger partial charge in [-0.25, -0.2) is 9.98 Å². The highest BCUT2D eigenvalue weighted by Crippen LogP contribution is 2.41. The Bertz CT molecular complexity index is 1310. The molecule has 0 amide bonds. The van der Waals surface area contributed by atoms with Crippen molar-refractivity contribution in [1.29, 1.82) is 0 Å². The number of aromatic nitrogens is 1. The van der Waals surface area contributed by atoms with E-state index >= 15 is 0 Å². The second-order valence-corrected chi connectivity index (χ2v) is 7.57. The van der Waals surface area contributed by atoms with Crippen LogP contribution in [-0.2, 0) is 11.2 Å². The number of phenolic OH excluding ortho intramolecular Hbond substituents is 1. The van der Waals surface area contributed by atoms with Crippen LogP contribution in [0.15, 0.2) is 83.9 Å². The van der Waals surface area contributed by atoms with Crippen molar-refractivity contribution in [3.8, 4) is 17.4 Å². The van der Waals surface area contributed by atoms with Crippen molar-refractivity contribution in [2.45, 2.75) is 18.6 Å². The summed E-state index contributed by atoms with van der Waals surface area (Å²) >= 11 is 0. The molecule has 2 atom stereocenters. The van der Waals surface area contributed by atoms with Crippen LogP contribution in [0.3, 0.4) is 0 Å². The van der Waals surface area contributed by atoms with Gasteiger partial charge in [-0.2, -0.15) is 0 Å². The summed E-state index contributed by atoms with van der Waals surface area (Å²) in [5, 5.41) is 10.9. The maximum absolute atomic E-state index is 10.0. The zero-order chi connectivity index (χ0) is 20.1. The first-order valence-corrected chi connectivity index (χ1v) is 9.94. The monoisotopic (exact) mass is 394 g/mol. The van der Waals surface area contributed by atoms with Gasteiger partial charge in [-0.3, -0.25) is 0 Å². The lowest BCUT2D eigenvalue weighted by atomic mass is 10.1. The highest BCUT2D eigenvalue weighted by atomic mass is 16.5. The molecular formula is C25H18N2O3. The van der Waals surface area contributed by atoms with Gasteiger partial charge in [0, 0.05) is 23.4 Å². The van der Waals surface area contributed by atoms with Gasteiger partial charge < -0.3 is 14.6 Å². The number of fused-ring (bicyclic) bond motifs is 4. The summed E-state index contributed by atoms with van der Waals surface area (Å²) in [6, 6.07) is 25.1. The molecule has 1 aliphatic heterocycles. The standard InChI is InChI=1S/C25H18N2O3/c28-20-10-4-6-15-11-12-22(26-23(15)20)29-18-8-3-7-17(13-18)25-27-24-19-9-2-1-5-16(19)14-21(24)30-25/h1-13,21,24,28H,14H2/t21-,24-/m0/s1. The number of benzene rings is 3. The Kier molecular flexibility index (Phi) is 3.74. The topological polar surface area (TPSA) is 63.9 Å². The average molecular weight is 394 g/mol. The minimum absolute atomic E-state index is 0.0610. The van der Waals surface area contributed by atoms with Gasteiger partial charge >= 0.3 is 0 Å². The number of phenols is 1. The summed E-state index contributed by atoms with van der Waals surface area (Å²) in [5.74, 6) is 1.83. The van der Waals surface area contributed by atoms with Gasteiger partial charge in [0.2, 0.25) is 11.8 Å². The van der Waals surface area contributed by atoms with Crippen LogP contribution in [0.2, 0.25) is 0 Å². The lowest BCUT2D eigenvalue weighted by molar-refractivity contribution is 0.206. The van der Waals surface area contributed by atoms with Crippen LogP contribution in [-0.4, -0.2) is 22.1 Å². The van der Waals surface area contributed by atoms with Gasteiger partial charge in [0.1, 0.15) is 29.2 Å². The van der Waals surface area contributed by atoms with Crippen molar-refractivity contribution in [2.24, 2.45) is 4.99 Å². The number of para-hydroxylation sites is 1. The maximum Gasteiger partial charge on any atom is 0.219 e. The molecular weight excluding hydrogens is 376 g/mol. The summed E-state index contributed by atoms with van der Waals surface area (Å²) in [5.41, 5.74) is 3.97. The third kappa shape index (κ3) is 2.78. The van der Waals surface area contributed by atoms with Crippen LogP contribution < -0.4 is 4.74 Å². The molecule has 30 heavy (non-hydrogen) atoms. The maximum atomic E-state index is 10.0. The van der Waals surface area contributed by atoms with Gasteiger partial charge in [0.15, 0.2) is 0 Å². The number of nitrogens with zero attached hydrogens (tertiary/aromatic N) is 2. The minimum atomic E-state index is 0.0610. The summed E-state index contributed by atoms with van der Waals surface area (Å²) in [4.78, 5) is 9.29. The normalized spacial score (nSPS) is 19.1. The van der Waals surface area contributed by atoms with Gasteiger partial charge in [-0.05, 0) is 41.5 Å². The van der Waals surface area contributed by atoms with Gasteiger partial charge in [0.05, 0.1) is 0 Å². The van der Waals surface area contributed by atoms with E-state index in [-0.39, 0.29) is 17.9 Å². The quantitative estimate of drug-likeness (QED) is 0.520. The van der Waals surface area contributed by atoms with Crippen LogP contribution in [0.4, 0.5) is 0 Å². The van der Waals surface area contributed by atoms with Gasteiger partial charge in [0.25, 0.3) is 0 Å². The van der Waals surface area contributed by atoms with Gasteiger partial charge in [-0.15, -0.1) is 0 Å². The summed E-state index contributed by atoms with van der Waals surface area (Å²) in [6.07, 6.45) is 0.946. The molecule has 0 unspecified atom stereocenters. The van der Waals surface area contributed by atoms with Crippen molar-refractivity contribution in [1.82, 2.24) is 4.98 Å². The molecule has 146 valence electrons. The van der Waals surface area contributed by atoms with E-state index in [4.69, 9.17) is 14.5 Å². The number of ether oxygens (including phenoxy) is 2. The van der Waals surface area contributed by atoms with Crippen LogP contribution in [0, 0.1) is 0 Å². The van der Waals surface area contributed by atoms with Gasteiger partial charge in [-0.1, -0.05) is 42.5 Å². The molecule has 2 aliphatic rings. The summed E-state index contributed by atoms with van der Waals surface area (Å²) in [7, 11) is 0. The van der Waals surface area contributed by atoms with E-state index in [1.54, 1.807) is 18.2 Å². The molecule has 0 radical (unpaired) electrons. The van der Waals surface area contributed by atoms with Crippen LogP contribution >= 0.6 is 0 Å². The Hall–Kier alpha value is -3.86. The second kappa shape index (κ2) is 6.59. The van der Waals surface area contributed by atoms with Crippen molar-refractivity contribution in [3.63, 3.8) is 0 Å². The third-order valence-electron chi connectivity index (χ3n) is 5.64. The van der Waals surface area contributed by atoms with E-state index in [0.717, 1.165) is 17.4 Å². The lowest BCUT2D eigenvalue weighted by Gasteiger charge is -2.10. The fourth-order valence-corrected chi connectivity index (χ4v) is 4.22. The molecule has 6 rings (SSSR count). The molecule has 0 saturated carbocycles. The predicted octanol–water partition coefficient (Wildman–Crippen LogP) is 5.18. The lowest BCUT2D eigenvalue weighted by Crippen LogP contribution is -2.13. The van der Waals surface area contributed by atoms with Crippen molar-refractivity contribution >= 4 is 16.8 Å². The molecule has 1 aliphatic carbocycles. The molecule has 0 saturated heterocycles. The molecule has 3 aromatic carbocycles. The highest BCUT2D eigenvalue weighted by molar-refractivity contribution is 5.96. The number of aromatic hydroxyl groups is 1. The first-order valence-electron chi connectivity index (χ1n) is 9.94. The first-order chi connectivity index (χ1) is 14.7. The van der Waals surface area contributed by atoms with Crippen LogP contribution in [0.1, 0.15) is 22.7 Å². The predicted molar refractivity (Wildman–Crippen MR) is 114 cm³/mol. The SMILES string of the molecule is Oc1cccc2ccc(Oc3cccc(C4=N[C@H]5c6ccccc6C[C@@H]5O4)c3)nc12. The van der Waals surface area contributed by atoms with E-state index in [0.29, 0.717) is 23.0 Å². The highest BCUT2D eigenvalue weighted by Gasteiger charge is 2.39. The molecule has 2 heterocycles. The molecule has 5 heteroatoms. The Morgan fingerprint density at radius 1 is 0.933 bits per heavy atom. The Morgan fingerprint density at radius 2 is 1.83 bits per heavy atom. The van der Waals surface area contributed by atoms with E-state index in [1.807, 2.05) is 36.4 Å². The molecule has 1 N–H and O–H groups in total. The van der Waals surface area contributed by atoms with E-state index < -0.39 is 0 Å². The Morgan fingerprint density at radius 3 is 2.80 bits per heavy atom. The minimum Gasteiger partial charge on any atom is -0.506 e. The third-order valence-corrected chi connectivity index (χ3v) is 5.64. The molecule has 0 fully saturated rings. The molecule has 0 bridgehead atoms. The second-order valence-electron chi connectivity index (χ2n) is 7.57. The smallest absolute Gasteiger partial charge is 0.219 e. The fourth-order valence-electron chi connectivity index (χ4n) is 4.22. The zero-order valence-corrected chi connectivity index (χ0v) is 16.0. The molecule has 5 nitrogen and oxygen atoms in total. The number of hydrogen-bond acceptors (Lipinski definition) is 5.